The molecule has 0 fully saturated rings. The van der Waals surface area contributed by atoms with Crippen molar-refractivity contribution >= 4 is 23.1 Å². The van der Waals surface area contributed by atoms with E-state index in [1.807, 2.05) is 30.3 Å². The van der Waals surface area contributed by atoms with E-state index in [1.165, 1.54) is 18.3 Å². The van der Waals surface area contributed by atoms with Gasteiger partial charge in [-0.15, -0.1) is 0 Å². The number of hydrogen-bond acceptors (Lipinski definition) is 3. The van der Waals surface area contributed by atoms with Crippen LogP contribution >= 0.6 is 12.2 Å². The number of carbonyl (C=O) groups is 1. The third kappa shape index (κ3) is 3.30. The Morgan fingerprint density at radius 2 is 1.95 bits per heavy atom. The molecular formula is C14H13N3O2S. The fraction of sp³-hybridized carbons (Fsp3) is 0.0714. The third-order valence-electron chi connectivity index (χ3n) is 2.73. The Bertz CT molecular complexity index is 682. The molecular weight excluding hydrogens is 274 g/mol. The summed E-state index contributed by atoms with van der Waals surface area (Å²) in [5.41, 5.74) is 6.38. The summed E-state index contributed by atoms with van der Waals surface area (Å²) < 4.78 is 0. The van der Waals surface area contributed by atoms with Crippen LogP contribution in [0.4, 0.5) is 0 Å². The number of nitrogens with two attached hydrogens (primary N) is 1. The summed E-state index contributed by atoms with van der Waals surface area (Å²) in [5.74, 6) is -0.405. The van der Waals surface area contributed by atoms with E-state index in [2.05, 4.69) is 10.3 Å². The number of rotatable bonds is 4. The lowest BCUT2D eigenvalue weighted by Crippen LogP contribution is -2.36. The number of hydrogen-bond donors (Lipinski definition) is 3. The van der Waals surface area contributed by atoms with E-state index < -0.39 is 11.9 Å². The van der Waals surface area contributed by atoms with E-state index in [0.717, 1.165) is 5.56 Å². The average Bonchev–Trinajstić information content (AvgIpc) is 2.45. The van der Waals surface area contributed by atoms with Gasteiger partial charge in [-0.25, -0.2) is 0 Å². The Balaban J connectivity index is 2.23. The lowest BCUT2D eigenvalue weighted by molar-refractivity contribution is 0.0946. The maximum Gasteiger partial charge on any atom is 0.252 e. The van der Waals surface area contributed by atoms with Crippen LogP contribution in [0.1, 0.15) is 22.0 Å². The van der Waals surface area contributed by atoms with Crippen molar-refractivity contribution in [1.29, 1.82) is 0 Å². The van der Waals surface area contributed by atoms with Gasteiger partial charge in [-0.05, 0) is 11.6 Å². The maximum atomic E-state index is 12.1. The van der Waals surface area contributed by atoms with Crippen molar-refractivity contribution in [3.05, 3.63) is 70.1 Å². The summed E-state index contributed by atoms with van der Waals surface area (Å²) in [5, 5.41) is 2.72. The minimum Gasteiger partial charge on any atom is -0.391 e. The van der Waals surface area contributed by atoms with Gasteiger partial charge < -0.3 is 16.0 Å². The smallest absolute Gasteiger partial charge is 0.252 e. The molecule has 1 heterocycles. The van der Waals surface area contributed by atoms with Gasteiger partial charge >= 0.3 is 0 Å². The van der Waals surface area contributed by atoms with E-state index in [4.69, 9.17) is 18.0 Å². The van der Waals surface area contributed by atoms with E-state index in [1.54, 1.807) is 0 Å². The first-order valence-electron chi connectivity index (χ1n) is 5.92. The van der Waals surface area contributed by atoms with Crippen LogP contribution in [0, 0.1) is 0 Å². The topological polar surface area (TPSA) is 88.0 Å². The molecule has 1 amide bonds. The molecule has 20 heavy (non-hydrogen) atoms. The Kier molecular flexibility index (Phi) is 4.27. The molecule has 1 aromatic carbocycles. The van der Waals surface area contributed by atoms with E-state index in [-0.39, 0.29) is 16.1 Å². The van der Waals surface area contributed by atoms with Crippen LogP contribution in [0.2, 0.25) is 0 Å². The molecule has 0 aliphatic carbocycles. The number of carbonyl (C=O) groups excluding carboxylic acids is 1. The molecule has 0 aliphatic heterocycles. The molecule has 0 saturated carbocycles. The first kappa shape index (κ1) is 14.0. The number of nitrogens with one attached hydrogen (secondary N) is 2. The number of pyridine rings is 1. The zero-order valence-corrected chi connectivity index (χ0v) is 11.3. The Morgan fingerprint density at radius 1 is 1.25 bits per heavy atom. The zero-order valence-electron chi connectivity index (χ0n) is 10.5. The van der Waals surface area contributed by atoms with Gasteiger partial charge in [0, 0.05) is 17.8 Å². The molecule has 5 nitrogen and oxygen atoms in total. The van der Waals surface area contributed by atoms with Crippen molar-refractivity contribution in [3.8, 4) is 0 Å². The van der Waals surface area contributed by atoms with E-state index >= 15 is 0 Å². The van der Waals surface area contributed by atoms with Crippen LogP contribution in [0.5, 0.6) is 0 Å². The fourth-order valence-electron chi connectivity index (χ4n) is 1.76. The minimum absolute atomic E-state index is 0.161. The second-order valence-electron chi connectivity index (χ2n) is 4.16. The highest BCUT2D eigenvalue weighted by molar-refractivity contribution is 7.80. The fourth-order valence-corrected chi connectivity index (χ4v) is 1.96. The third-order valence-corrected chi connectivity index (χ3v) is 2.97. The monoisotopic (exact) mass is 287 g/mol. The Hall–Kier alpha value is -2.47. The van der Waals surface area contributed by atoms with Gasteiger partial charge in [0.25, 0.3) is 5.91 Å². The summed E-state index contributed by atoms with van der Waals surface area (Å²) in [6.07, 6.45) is 1.41. The lowest BCUT2D eigenvalue weighted by Gasteiger charge is -2.17. The molecule has 6 heteroatoms. The number of thiocarbonyl (C=S) groups is 1. The van der Waals surface area contributed by atoms with Crippen LogP contribution in [-0.4, -0.2) is 15.9 Å². The second-order valence-corrected chi connectivity index (χ2v) is 4.63. The Labute approximate surface area is 120 Å². The molecule has 0 spiro atoms. The number of amides is 1. The summed E-state index contributed by atoms with van der Waals surface area (Å²) in [4.78, 5) is 25.9. The van der Waals surface area contributed by atoms with Crippen molar-refractivity contribution in [1.82, 2.24) is 10.3 Å². The molecule has 4 N–H and O–H groups in total. The van der Waals surface area contributed by atoms with E-state index in [0.29, 0.717) is 0 Å². The highest BCUT2D eigenvalue weighted by Gasteiger charge is 2.18. The predicted molar refractivity (Wildman–Crippen MR) is 80.5 cm³/mol. The van der Waals surface area contributed by atoms with Crippen molar-refractivity contribution in [2.45, 2.75) is 6.04 Å². The molecule has 2 aromatic rings. The molecule has 102 valence electrons. The second kappa shape index (κ2) is 6.12. The zero-order chi connectivity index (χ0) is 14.5. The van der Waals surface area contributed by atoms with Crippen molar-refractivity contribution in [2.24, 2.45) is 5.73 Å². The largest absolute Gasteiger partial charge is 0.391 e. The summed E-state index contributed by atoms with van der Waals surface area (Å²) in [6, 6.07) is 11.3. The summed E-state index contributed by atoms with van der Waals surface area (Å²) in [6.45, 7) is 0. The molecule has 1 atom stereocenters. The standard InChI is InChI=1S/C14H13N3O2S/c15-13(20)12(9-4-2-1-3-5-9)17-14(19)10-6-7-16-11(18)8-10/h1-8,12H,(H2,15,20)(H,16,18)(H,17,19). The van der Waals surface area contributed by atoms with Gasteiger partial charge in [0.2, 0.25) is 5.56 Å². The number of aromatic amines is 1. The normalized spacial score (nSPS) is 11.6. The number of aromatic nitrogens is 1. The average molecular weight is 287 g/mol. The highest BCUT2D eigenvalue weighted by Crippen LogP contribution is 2.13. The van der Waals surface area contributed by atoms with Crippen LogP contribution in [0.15, 0.2) is 53.5 Å². The molecule has 0 saturated heterocycles. The summed E-state index contributed by atoms with van der Waals surface area (Å²) in [7, 11) is 0. The van der Waals surface area contributed by atoms with Gasteiger partial charge in [0.15, 0.2) is 0 Å². The van der Waals surface area contributed by atoms with Gasteiger partial charge in [-0.3, -0.25) is 9.59 Å². The molecule has 1 aromatic heterocycles. The Morgan fingerprint density at radius 3 is 2.55 bits per heavy atom. The van der Waals surface area contributed by atoms with Crippen molar-refractivity contribution < 1.29 is 4.79 Å². The van der Waals surface area contributed by atoms with Gasteiger partial charge in [0.1, 0.15) is 11.0 Å². The molecule has 2 rings (SSSR count). The maximum absolute atomic E-state index is 12.1. The highest BCUT2D eigenvalue weighted by atomic mass is 32.1. The van der Waals surface area contributed by atoms with Crippen LogP contribution in [0.25, 0.3) is 0 Å². The van der Waals surface area contributed by atoms with Crippen LogP contribution in [0.3, 0.4) is 0 Å². The lowest BCUT2D eigenvalue weighted by atomic mass is 10.1. The van der Waals surface area contributed by atoms with Crippen LogP contribution in [-0.2, 0) is 0 Å². The quantitative estimate of drug-likeness (QED) is 0.736. The first-order valence-corrected chi connectivity index (χ1v) is 6.32. The van der Waals surface area contributed by atoms with Crippen LogP contribution < -0.4 is 16.6 Å². The van der Waals surface area contributed by atoms with Gasteiger partial charge in [-0.2, -0.15) is 0 Å². The number of benzene rings is 1. The van der Waals surface area contributed by atoms with E-state index in [9.17, 15) is 9.59 Å². The van der Waals surface area contributed by atoms with Gasteiger partial charge in [-0.1, -0.05) is 42.5 Å². The van der Waals surface area contributed by atoms with Crippen molar-refractivity contribution in [2.75, 3.05) is 0 Å². The SMILES string of the molecule is NC(=S)C(NC(=O)c1cc[nH]c(=O)c1)c1ccccc1. The van der Waals surface area contributed by atoms with Gasteiger partial charge in [0.05, 0.1) is 0 Å². The summed E-state index contributed by atoms with van der Waals surface area (Å²) >= 11 is 4.99. The molecule has 0 aliphatic rings. The minimum atomic E-state index is -0.571. The first-order chi connectivity index (χ1) is 9.58. The molecule has 0 bridgehead atoms. The number of H-pyrrole nitrogens is 1. The predicted octanol–water partition coefficient (Wildman–Crippen LogP) is 1.13. The molecule has 1 unspecified atom stereocenters. The molecule has 0 radical (unpaired) electrons. The van der Waals surface area contributed by atoms with Crippen molar-refractivity contribution in [3.63, 3.8) is 0 Å².